The summed E-state index contributed by atoms with van der Waals surface area (Å²) in [5, 5.41) is 0.301. The van der Waals surface area contributed by atoms with E-state index in [0.717, 1.165) is 6.54 Å². The number of ketones is 1. The van der Waals surface area contributed by atoms with Gasteiger partial charge in [0, 0.05) is 5.56 Å². The van der Waals surface area contributed by atoms with E-state index in [2.05, 4.69) is 33.0 Å². The van der Waals surface area contributed by atoms with Gasteiger partial charge in [0.1, 0.15) is 6.15 Å². The highest BCUT2D eigenvalue weighted by Crippen LogP contribution is 2.41. The van der Waals surface area contributed by atoms with Gasteiger partial charge in [0.05, 0.1) is 56.0 Å². The monoisotopic (exact) mass is 1150 g/mol. The lowest BCUT2D eigenvalue weighted by molar-refractivity contribution is -0.689. The van der Waals surface area contributed by atoms with Gasteiger partial charge < -0.3 is 0 Å². The number of aromatic nitrogens is 2. The van der Waals surface area contributed by atoms with E-state index >= 15 is 0 Å². The first kappa shape index (κ1) is 58.6. The summed E-state index contributed by atoms with van der Waals surface area (Å²) in [7, 11) is 0. The van der Waals surface area contributed by atoms with Crippen molar-refractivity contribution >= 4 is 49.7 Å². The van der Waals surface area contributed by atoms with Crippen LogP contribution in [0.15, 0.2) is 122 Å². The fourth-order valence-corrected chi connectivity index (χ4v) is 7.90. The number of alkyl halides is 25. The standard InChI is InChI=1S/C32H12BF24.C13H12BrN2O/c34-25(35,36)13-1-14(26(37,38)39)6-21(5-13)33(22-7-15(27(40,41)42)2-16(8-22)28(43,44)45,23-9-17(29(46,47)48)3-18(10-23)30(49,50)51)24-11-19(31(52,53)54)4-20(12-24)32(55,56)57;14-8-13(17)12-10-16(7-6-15-12)9-11-4-2-1-3-5-11/h1-12H;1-7,10H,8-9H2/q-1;+1. The van der Waals surface area contributed by atoms with Crippen molar-refractivity contribution in [1.29, 1.82) is 0 Å². The number of hydrogen-bond donors (Lipinski definition) is 0. The number of carbonyl (C=O) groups is 1. The van der Waals surface area contributed by atoms with Crippen LogP contribution in [0.4, 0.5) is 105 Å². The molecule has 0 unspecified atom stereocenters. The first-order valence-corrected chi connectivity index (χ1v) is 21.0. The Labute approximate surface area is 407 Å². The molecule has 0 aliphatic carbocycles. The number of nitrogens with zero attached hydrogens (tertiary/aromatic N) is 2. The van der Waals surface area contributed by atoms with Gasteiger partial charge in [0.2, 0.25) is 0 Å². The summed E-state index contributed by atoms with van der Waals surface area (Å²) < 4.78 is 343. The molecule has 0 aliphatic rings. The van der Waals surface area contributed by atoms with Crippen molar-refractivity contribution < 1.29 is 115 Å². The molecule has 1 aromatic heterocycles. The third-order valence-corrected chi connectivity index (χ3v) is 11.3. The van der Waals surface area contributed by atoms with Crippen molar-refractivity contribution in [2.45, 2.75) is 56.0 Å². The molecule has 74 heavy (non-hydrogen) atoms. The lowest BCUT2D eigenvalue weighted by Gasteiger charge is -2.46. The number of carbonyl (C=O) groups excluding carboxylic acids is 1. The molecule has 6 rings (SSSR count). The van der Waals surface area contributed by atoms with Crippen LogP contribution in [-0.2, 0) is 56.0 Å². The highest BCUT2D eigenvalue weighted by molar-refractivity contribution is 9.09. The lowest BCUT2D eigenvalue weighted by Crippen LogP contribution is -2.75. The number of rotatable bonds is 8. The van der Waals surface area contributed by atoms with Crippen molar-refractivity contribution in [1.82, 2.24) is 4.98 Å². The Morgan fingerprint density at radius 3 is 0.905 bits per heavy atom. The zero-order valence-corrected chi connectivity index (χ0v) is 37.4. The molecule has 6 aromatic rings. The Bertz CT molecular complexity index is 2550. The van der Waals surface area contributed by atoms with Crippen molar-refractivity contribution in [3.63, 3.8) is 0 Å². The third-order valence-electron chi connectivity index (χ3n) is 10.8. The van der Waals surface area contributed by atoms with Crippen molar-refractivity contribution in [3.8, 4) is 0 Å². The van der Waals surface area contributed by atoms with Crippen LogP contribution in [0.1, 0.15) is 60.6 Å². The van der Waals surface area contributed by atoms with Crippen LogP contribution < -0.4 is 26.4 Å². The van der Waals surface area contributed by atoms with Gasteiger partial charge in [-0.2, -0.15) is 132 Å². The predicted octanol–water partition coefficient (Wildman–Crippen LogP) is 13.2. The van der Waals surface area contributed by atoms with Gasteiger partial charge in [-0.3, -0.25) is 4.79 Å². The molecule has 5 aromatic carbocycles. The van der Waals surface area contributed by atoms with E-state index in [-0.39, 0.29) is 5.78 Å². The number of hydrogen-bond acceptors (Lipinski definition) is 2. The van der Waals surface area contributed by atoms with Gasteiger partial charge in [-0.15, -0.1) is 0 Å². The molecule has 0 aliphatic heterocycles. The van der Waals surface area contributed by atoms with Gasteiger partial charge in [-0.1, -0.05) is 94.8 Å². The smallest absolute Gasteiger partial charge is 0.291 e. The summed E-state index contributed by atoms with van der Waals surface area (Å²) in [5.74, 6) is -0.00703. The minimum Gasteiger partial charge on any atom is -0.291 e. The van der Waals surface area contributed by atoms with E-state index < -0.39 is 195 Å². The second kappa shape index (κ2) is 20.4. The fourth-order valence-electron chi connectivity index (χ4n) is 7.61. The Morgan fingerprint density at radius 2 is 0.676 bits per heavy atom. The summed E-state index contributed by atoms with van der Waals surface area (Å²) in [4.78, 5) is 15.5. The average Bonchev–Trinajstić information content (AvgIpc) is 3.27. The Kier molecular flexibility index (Phi) is 16.2. The van der Waals surface area contributed by atoms with E-state index in [9.17, 15) is 110 Å². The molecule has 0 spiro atoms. The van der Waals surface area contributed by atoms with Gasteiger partial charge in [-0.05, 0) is 24.3 Å². The third kappa shape index (κ3) is 13.7. The second-order valence-corrected chi connectivity index (χ2v) is 16.4. The topological polar surface area (TPSA) is 33.8 Å². The van der Waals surface area contributed by atoms with Crippen LogP contribution >= 0.6 is 15.9 Å². The molecule has 29 heteroatoms. The SMILES string of the molecule is FC(F)(F)c1cc([B-](c2cc(C(F)(F)F)cc(C(F)(F)F)c2)(c2cc(C(F)(F)F)cc(C(F)(F)F)c2)c2cc(C(F)(F)F)cc(C(F)(F)F)c2)cc(C(F)(F)F)c1.O=C(CBr)c1c[n+](Cc2ccccc2)ccn1. The number of halogens is 25. The number of benzene rings is 5. The molecule has 0 radical (unpaired) electrons. The summed E-state index contributed by atoms with van der Waals surface area (Å²) in [6.45, 7) is 0.742. The summed E-state index contributed by atoms with van der Waals surface area (Å²) in [6, 6.07) is 1.29. The number of Topliss-reactive ketones (excluding diaryl/α,β-unsaturated/α-hetero) is 1. The molecule has 398 valence electrons. The first-order chi connectivity index (χ1) is 33.6. The maximum absolute atomic E-state index is 14.2. The average molecular weight is 1160 g/mol. The van der Waals surface area contributed by atoms with Gasteiger partial charge >= 0.3 is 49.4 Å². The molecule has 0 saturated carbocycles. The van der Waals surface area contributed by atoms with Crippen molar-refractivity contribution in [3.05, 3.63) is 177 Å². The van der Waals surface area contributed by atoms with Crippen molar-refractivity contribution in [2.24, 2.45) is 0 Å². The lowest BCUT2D eigenvalue weighted by atomic mass is 9.12. The van der Waals surface area contributed by atoms with Crippen LogP contribution in [0.2, 0.25) is 0 Å². The van der Waals surface area contributed by atoms with Crippen LogP contribution in [0.5, 0.6) is 0 Å². The molecule has 0 bridgehead atoms. The van der Waals surface area contributed by atoms with E-state index in [0.29, 0.717) is 11.0 Å². The zero-order valence-electron chi connectivity index (χ0n) is 35.8. The molecule has 0 fully saturated rings. The second-order valence-electron chi connectivity index (χ2n) is 15.9. The molecule has 3 nitrogen and oxygen atoms in total. The van der Waals surface area contributed by atoms with Crippen LogP contribution in [-0.4, -0.2) is 22.2 Å². The Balaban J connectivity index is 0.000000500. The van der Waals surface area contributed by atoms with E-state index in [1.165, 1.54) is 5.56 Å². The quantitative estimate of drug-likeness (QED) is 0.0500. The Hall–Kier alpha value is -6.29. The Morgan fingerprint density at radius 1 is 0.419 bits per heavy atom. The highest BCUT2D eigenvalue weighted by atomic mass is 79.9. The van der Waals surface area contributed by atoms with Crippen molar-refractivity contribution in [2.75, 3.05) is 5.33 Å². The summed E-state index contributed by atoms with van der Waals surface area (Å²) >= 11 is 3.14. The maximum atomic E-state index is 14.2. The van der Waals surface area contributed by atoms with E-state index in [4.69, 9.17) is 0 Å². The van der Waals surface area contributed by atoms with Crippen LogP contribution in [0, 0.1) is 0 Å². The van der Waals surface area contributed by atoms with E-state index in [1.807, 2.05) is 29.0 Å². The molecule has 0 saturated heterocycles. The fraction of sp³-hybridized carbons (Fsp3) is 0.222. The van der Waals surface area contributed by atoms with Crippen LogP contribution in [0.25, 0.3) is 0 Å². The van der Waals surface area contributed by atoms with Crippen LogP contribution in [0.3, 0.4) is 0 Å². The molecule has 1 heterocycles. The molecule has 0 N–H and O–H groups in total. The van der Waals surface area contributed by atoms with Gasteiger partial charge in [-0.25, -0.2) is 4.98 Å². The van der Waals surface area contributed by atoms with E-state index in [1.54, 1.807) is 12.4 Å². The predicted molar refractivity (Wildman–Crippen MR) is 218 cm³/mol. The molecule has 0 amide bonds. The molecule has 0 atom stereocenters. The minimum atomic E-state index is -6.13. The van der Waals surface area contributed by atoms with Gasteiger partial charge in [0.15, 0.2) is 30.4 Å². The largest absolute Gasteiger partial charge is 0.416 e. The summed E-state index contributed by atoms with van der Waals surface area (Å²) in [6.07, 6.45) is -49.5. The summed E-state index contributed by atoms with van der Waals surface area (Å²) in [5.41, 5.74) is -28.5. The zero-order chi connectivity index (χ0) is 56.0. The molecular formula is C45H24BBrF24N2O. The highest BCUT2D eigenvalue weighted by Gasteiger charge is 2.47. The normalized spacial score (nSPS) is 13.4. The first-order valence-electron chi connectivity index (χ1n) is 19.9. The maximum Gasteiger partial charge on any atom is 0.416 e. The van der Waals surface area contributed by atoms with Gasteiger partial charge in [0.25, 0.3) is 0 Å². The minimum absolute atomic E-state index is 0.00703. The molecular weight excluding hydrogens is 1130 g/mol.